The minimum Gasteiger partial charge on any atom is -0.357 e. The molecule has 0 radical (unpaired) electrons. The second kappa shape index (κ2) is 10.3. The highest BCUT2D eigenvalue weighted by Crippen LogP contribution is 2.71. The molecule has 0 amide bonds. The number of nitrogens with two attached hydrogens (primary N) is 1. The van der Waals surface area contributed by atoms with Crippen LogP contribution >= 0.6 is 0 Å². The second-order valence-corrected chi connectivity index (χ2v) is 15.5. The van der Waals surface area contributed by atoms with Gasteiger partial charge in [0, 0.05) is 18.5 Å². The number of ether oxygens (including phenoxy) is 1. The summed E-state index contributed by atoms with van der Waals surface area (Å²) in [6, 6.07) is 0.764. The maximum atomic E-state index is 7.10. The Kier molecular flexibility index (Phi) is 7.56. The van der Waals surface area contributed by atoms with Gasteiger partial charge in [-0.3, -0.25) is 5.32 Å². The molecule has 212 valence electrons. The van der Waals surface area contributed by atoms with Crippen LogP contribution in [0.1, 0.15) is 118 Å². The van der Waals surface area contributed by atoms with Gasteiger partial charge < -0.3 is 15.8 Å². The van der Waals surface area contributed by atoms with Crippen molar-refractivity contribution in [3.63, 3.8) is 0 Å². The highest BCUT2D eigenvalue weighted by molar-refractivity contribution is 5.16. The SMILES string of the molecule is CC1CC[C@]2(NC1)OC1CC3C4CCC5CC(NCCCCCCN)CCC5(C)C4CCC3(C)C1C2C. The van der Waals surface area contributed by atoms with Gasteiger partial charge in [-0.15, -0.1) is 0 Å². The van der Waals surface area contributed by atoms with Gasteiger partial charge in [0.1, 0.15) is 5.72 Å². The molecule has 6 rings (SSSR count). The number of hydrogen-bond acceptors (Lipinski definition) is 4. The van der Waals surface area contributed by atoms with Crippen molar-refractivity contribution in [1.29, 1.82) is 0 Å². The summed E-state index contributed by atoms with van der Waals surface area (Å²) in [5, 5.41) is 7.91. The van der Waals surface area contributed by atoms with E-state index in [-0.39, 0.29) is 5.72 Å². The first-order valence-electron chi connectivity index (χ1n) is 16.7. The number of nitrogens with one attached hydrogen (secondary N) is 2. The van der Waals surface area contributed by atoms with Gasteiger partial charge in [-0.1, -0.05) is 40.5 Å². The van der Waals surface area contributed by atoms with E-state index >= 15 is 0 Å². The van der Waals surface area contributed by atoms with Crippen molar-refractivity contribution in [3.8, 4) is 0 Å². The molecule has 4 heteroatoms. The molecule has 4 aliphatic carbocycles. The molecule has 11 unspecified atom stereocenters. The van der Waals surface area contributed by atoms with Crippen LogP contribution < -0.4 is 16.4 Å². The molecule has 6 fully saturated rings. The largest absolute Gasteiger partial charge is 0.357 e. The average molecular weight is 514 g/mol. The Hall–Kier alpha value is -0.160. The number of rotatable bonds is 7. The van der Waals surface area contributed by atoms with Crippen LogP contribution in [-0.2, 0) is 4.74 Å². The third kappa shape index (κ3) is 4.47. The van der Waals surface area contributed by atoms with Crippen molar-refractivity contribution < 1.29 is 4.74 Å². The van der Waals surface area contributed by atoms with Gasteiger partial charge in [0.25, 0.3) is 0 Å². The molecule has 1 spiro atoms. The van der Waals surface area contributed by atoms with E-state index < -0.39 is 0 Å². The van der Waals surface area contributed by atoms with Crippen molar-refractivity contribution in [3.05, 3.63) is 0 Å². The molecule has 4 nitrogen and oxygen atoms in total. The number of piperidine rings is 1. The highest BCUT2D eigenvalue weighted by atomic mass is 16.5. The molecule has 0 aromatic heterocycles. The predicted octanol–water partition coefficient (Wildman–Crippen LogP) is 6.48. The van der Waals surface area contributed by atoms with Crippen LogP contribution in [0.4, 0.5) is 0 Å². The number of unbranched alkanes of at least 4 members (excludes halogenated alkanes) is 3. The zero-order valence-corrected chi connectivity index (χ0v) is 24.7. The van der Waals surface area contributed by atoms with E-state index in [0.717, 1.165) is 54.6 Å². The normalized spacial score (nSPS) is 52.9. The summed E-state index contributed by atoms with van der Waals surface area (Å²) < 4.78 is 7.10. The van der Waals surface area contributed by atoms with Crippen molar-refractivity contribution in [2.75, 3.05) is 19.6 Å². The maximum absolute atomic E-state index is 7.10. The summed E-state index contributed by atoms with van der Waals surface area (Å²) in [5.41, 5.74) is 6.71. The van der Waals surface area contributed by atoms with E-state index in [1.807, 2.05) is 0 Å². The fourth-order valence-electron chi connectivity index (χ4n) is 11.6. The van der Waals surface area contributed by atoms with E-state index in [4.69, 9.17) is 10.5 Å². The Balaban J connectivity index is 1.09. The predicted molar refractivity (Wildman–Crippen MR) is 153 cm³/mol. The molecule has 12 atom stereocenters. The van der Waals surface area contributed by atoms with Crippen molar-refractivity contribution in [1.82, 2.24) is 10.6 Å². The molecule has 2 saturated heterocycles. The first kappa shape index (κ1) is 27.0. The average Bonchev–Trinajstić information content (AvgIpc) is 3.33. The van der Waals surface area contributed by atoms with Crippen LogP contribution in [0, 0.1) is 52.3 Å². The first-order chi connectivity index (χ1) is 17.8. The molecule has 2 heterocycles. The molecular weight excluding hydrogens is 454 g/mol. The fraction of sp³-hybridized carbons (Fsp3) is 1.00. The third-order valence-corrected chi connectivity index (χ3v) is 13.7. The molecule has 0 aromatic rings. The van der Waals surface area contributed by atoms with Crippen molar-refractivity contribution >= 4 is 0 Å². The van der Waals surface area contributed by atoms with Crippen LogP contribution in [0.15, 0.2) is 0 Å². The summed E-state index contributed by atoms with van der Waals surface area (Å²) >= 11 is 0. The zero-order valence-electron chi connectivity index (χ0n) is 24.7. The summed E-state index contributed by atoms with van der Waals surface area (Å²) in [5.74, 6) is 5.94. The van der Waals surface area contributed by atoms with Gasteiger partial charge in [0.2, 0.25) is 0 Å². The molecular formula is C33H59N3O. The fourth-order valence-corrected chi connectivity index (χ4v) is 11.6. The van der Waals surface area contributed by atoms with Gasteiger partial charge in [-0.2, -0.15) is 0 Å². The van der Waals surface area contributed by atoms with E-state index in [9.17, 15) is 0 Å². The van der Waals surface area contributed by atoms with Crippen molar-refractivity contribution in [2.45, 2.75) is 135 Å². The summed E-state index contributed by atoms with van der Waals surface area (Å²) in [7, 11) is 0. The van der Waals surface area contributed by atoms with Gasteiger partial charge >= 0.3 is 0 Å². The van der Waals surface area contributed by atoms with E-state index in [2.05, 4.69) is 38.3 Å². The summed E-state index contributed by atoms with van der Waals surface area (Å²) in [6.45, 7) is 13.6. The monoisotopic (exact) mass is 513 g/mol. The maximum Gasteiger partial charge on any atom is 0.122 e. The lowest BCUT2D eigenvalue weighted by Crippen LogP contribution is -2.58. The second-order valence-electron chi connectivity index (χ2n) is 15.5. The lowest BCUT2D eigenvalue weighted by atomic mass is 9.44. The molecule has 4 N–H and O–H groups in total. The van der Waals surface area contributed by atoms with E-state index in [1.165, 1.54) is 96.4 Å². The third-order valence-electron chi connectivity index (χ3n) is 13.7. The Labute approximate surface area is 228 Å². The van der Waals surface area contributed by atoms with Crippen LogP contribution in [0.5, 0.6) is 0 Å². The van der Waals surface area contributed by atoms with Gasteiger partial charge in [0.05, 0.1) is 6.10 Å². The molecule has 0 bridgehead atoms. The Morgan fingerprint density at radius 1 is 0.865 bits per heavy atom. The minimum absolute atomic E-state index is 0.0217. The summed E-state index contributed by atoms with van der Waals surface area (Å²) in [4.78, 5) is 0. The van der Waals surface area contributed by atoms with Crippen LogP contribution in [-0.4, -0.2) is 37.5 Å². The quantitative estimate of drug-likeness (QED) is 0.341. The smallest absolute Gasteiger partial charge is 0.122 e. The first-order valence-corrected chi connectivity index (χ1v) is 16.7. The lowest BCUT2D eigenvalue weighted by Gasteiger charge is -2.61. The highest BCUT2D eigenvalue weighted by Gasteiger charge is 2.68. The van der Waals surface area contributed by atoms with Crippen LogP contribution in [0.2, 0.25) is 0 Å². The Morgan fingerprint density at radius 3 is 2.46 bits per heavy atom. The molecule has 6 aliphatic rings. The standard InChI is InChI=1S/C33H59N3O/c1-22-11-16-33(36-21-22)23(2)30-29(37-33)20-28-26-10-9-24-19-25(35-18-8-6-5-7-17-34)12-14-31(24,3)27(26)13-15-32(28,30)4/h22-30,35-36H,5-21,34H2,1-4H3/t22?,23?,24?,25?,26?,27?,28?,29?,30?,31?,32?,33-/m0/s1. The van der Waals surface area contributed by atoms with E-state index in [0.29, 0.717) is 22.9 Å². The topological polar surface area (TPSA) is 59.3 Å². The molecule has 4 saturated carbocycles. The Bertz CT molecular complexity index is 794. The van der Waals surface area contributed by atoms with E-state index in [1.54, 1.807) is 0 Å². The molecule has 0 aromatic carbocycles. The Morgan fingerprint density at radius 2 is 1.68 bits per heavy atom. The number of fused-ring (bicyclic) bond motifs is 7. The molecule has 37 heavy (non-hydrogen) atoms. The minimum atomic E-state index is -0.0217. The molecule has 2 aliphatic heterocycles. The van der Waals surface area contributed by atoms with Gasteiger partial charge in [-0.25, -0.2) is 0 Å². The zero-order chi connectivity index (χ0) is 25.8. The summed E-state index contributed by atoms with van der Waals surface area (Å²) in [6.07, 6.45) is 19.7. The van der Waals surface area contributed by atoms with Crippen LogP contribution in [0.25, 0.3) is 0 Å². The number of hydrogen-bond donors (Lipinski definition) is 3. The van der Waals surface area contributed by atoms with Gasteiger partial charge in [-0.05, 0) is 136 Å². The van der Waals surface area contributed by atoms with Crippen LogP contribution in [0.3, 0.4) is 0 Å². The van der Waals surface area contributed by atoms with Crippen molar-refractivity contribution in [2.24, 2.45) is 58.0 Å². The lowest BCUT2D eigenvalue weighted by molar-refractivity contribution is -0.134. The van der Waals surface area contributed by atoms with Gasteiger partial charge in [0.15, 0.2) is 0 Å².